The molecule has 0 bridgehead atoms. The second kappa shape index (κ2) is 6.33. The van der Waals surface area contributed by atoms with E-state index in [1.54, 1.807) is 39.0 Å². The van der Waals surface area contributed by atoms with Gasteiger partial charge in [0.2, 0.25) is 0 Å². The Morgan fingerprint density at radius 3 is 2.44 bits per heavy atom. The lowest BCUT2D eigenvalue weighted by Gasteiger charge is -2.12. The van der Waals surface area contributed by atoms with Crippen molar-refractivity contribution >= 4 is 15.7 Å². The number of rotatable bonds is 4. The third kappa shape index (κ3) is 3.28. The summed E-state index contributed by atoms with van der Waals surface area (Å²) in [5, 5.41) is 3.90. The monoisotopic (exact) mass is 360 g/mol. The minimum absolute atomic E-state index is 0.0771. The zero-order valence-electron chi connectivity index (χ0n) is 14.0. The van der Waals surface area contributed by atoms with Crippen molar-refractivity contribution in [3.05, 3.63) is 65.3 Å². The third-order valence-corrected chi connectivity index (χ3v) is 5.43. The minimum atomic E-state index is -3.95. The molecule has 0 aliphatic rings. The summed E-state index contributed by atoms with van der Waals surface area (Å²) in [6.45, 7) is 5.24. The highest BCUT2D eigenvalue weighted by Crippen LogP contribution is 2.31. The second-order valence-electron chi connectivity index (χ2n) is 5.76. The first-order chi connectivity index (χ1) is 11.8. The van der Waals surface area contributed by atoms with Crippen molar-refractivity contribution in [1.29, 1.82) is 0 Å². The average molecular weight is 360 g/mol. The van der Waals surface area contributed by atoms with E-state index in [4.69, 9.17) is 4.52 Å². The highest BCUT2D eigenvalue weighted by molar-refractivity contribution is 7.92. The number of halogens is 1. The van der Waals surface area contributed by atoms with Crippen LogP contribution >= 0.6 is 0 Å². The first-order valence-corrected chi connectivity index (χ1v) is 9.09. The van der Waals surface area contributed by atoms with E-state index in [0.717, 1.165) is 5.56 Å². The molecule has 3 aromatic rings. The number of sulfonamides is 1. The van der Waals surface area contributed by atoms with E-state index < -0.39 is 15.8 Å². The smallest absolute Gasteiger partial charge is 0.262 e. The Kier molecular flexibility index (Phi) is 4.34. The Bertz CT molecular complexity index is 1020. The molecule has 0 aliphatic heterocycles. The van der Waals surface area contributed by atoms with Crippen LogP contribution in [-0.4, -0.2) is 13.6 Å². The van der Waals surface area contributed by atoms with E-state index in [1.165, 1.54) is 18.2 Å². The molecule has 1 N–H and O–H groups in total. The molecule has 1 aromatic heterocycles. The summed E-state index contributed by atoms with van der Waals surface area (Å²) >= 11 is 0. The number of aryl methyl sites for hydroxylation is 3. The Balaban J connectivity index is 2.08. The van der Waals surface area contributed by atoms with Crippen LogP contribution in [0.5, 0.6) is 0 Å². The summed E-state index contributed by atoms with van der Waals surface area (Å²) in [7, 11) is -3.95. The molecule has 0 saturated heterocycles. The van der Waals surface area contributed by atoms with E-state index in [0.29, 0.717) is 22.6 Å². The van der Waals surface area contributed by atoms with Crippen LogP contribution in [0.3, 0.4) is 0 Å². The number of aromatic nitrogens is 1. The van der Waals surface area contributed by atoms with Crippen molar-refractivity contribution in [2.75, 3.05) is 4.72 Å². The fourth-order valence-corrected chi connectivity index (χ4v) is 4.02. The minimum Gasteiger partial charge on any atom is -0.361 e. The Hall–Kier alpha value is -2.67. The van der Waals surface area contributed by atoms with Crippen LogP contribution < -0.4 is 4.72 Å². The number of anilines is 1. The highest BCUT2D eigenvalue weighted by atomic mass is 32.2. The van der Waals surface area contributed by atoms with Crippen LogP contribution in [-0.2, 0) is 10.0 Å². The van der Waals surface area contributed by atoms with Crippen molar-refractivity contribution in [1.82, 2.24) is 5.16 Å². The summed E-state index contributed by atoms with van der Waals surface area (Å²) < 4.78 is 46.8. The molecule has 0 spiro atoms. The van der Waals surface area contributed by atoms with Gasteiger partial charge in [0, 0.05) is 5.56 Å². The molecule has 3 rings (SSSR count). The van der Waals surface area contributed by atoms with E-state index in [2.05, 4.69) is 9.88 Å². The first-order valence-electron chi connectivity index (χ1n) is 7.61. The van der Waals surface area contributed by atoms with Crippen LogP contribution in [0.4, 0.5) is 10.1 Å². The van der Waals surface area contributed by atoms with Gasteiger partial charge in [0.15, 0.2) is 0 Å². The Morgan fingerprint density at radius 2 is 1.80 bits per heavy atom. The van der Waals surface area contributed by atoms with Crippen molar-refractivity contribution in [2.45, 2.75) is 25.7 Å². The van der Waals surface area contributed by atoms with Crippen LogP contribution in [0.1, 0.15) is 17.0 Å². The van der Waals surface area contributed by atoms with Gasteiger partial charge in [0.1, 0.15) is 11.6 Å². The lowest BCUT2D eigenvalue weighted by molar-refractivity contribution is 0.393. The van der Waals surface area contributed by atoms with Gasteiger partial charge in [-0.3, -0.25) is 4.72 Å². The van der Waals surface area contributed by atoms with E-state index in [-0.39, 0.29) is 10.6 Å². The predicted octanol–water partition coefficient (Wildman–Crippen LogP) is 4.21. The van der Waals surface area contributed by atoms with Gasteiger partial charge in [0.05, 0.1) is 16.3 Å². The van der Waals surface area contributed by atoms with E-state index in [1.807, 2.05) is 6.07 Å². The lowest BCUT2D eigenvalue weighted by atomic mass is 10.0. The van der Waals surface area contributed by atoms with Gasteiger partial charge in [-0.1, -0.05) is 29.4 Å². The van der Waals surface area contributed by atoms with Crippen LogP contribution in [0.2, 0.25) is 0 Å². The molecule has 0 saturated carbocycles. The summed E-state index contributed by atoms with van der Waals surface area (Å²) in [6.07, 6.45) is 0. The fourth-order valence-electron chi connectivity index (χ4n) is 2.68. The Labute approximate surface area is 145 Å². The number of hydrogen-bond acceptors (Lipinski definition) is 4. The van der Waals surface area contributed by atoms with Gasteiger partial charge in [-0.2, -0.15) is 0 Å². The number of hydrogen-bond donors (Lipinski definition) is 1. The van der Waals surface area contributed by atoms with Gasteiger partial charge < -0.3 is 4.52 Å². The number of benzene rings is 2. The molecular formula is C18H17FN2O3S. The molecule has 0 amide bonds. The molecule has 0 atom stereocenters. The SMILES string of the molecule is Cc1ccc(-c2c(C)noc2C)cc1S(=O)(=O)Nc1ccccc1F. The summed E-state index contributed by atoms with van der Waals surface area (Å²) in [4.78, 5) is 0.0771. The third-order valence-electron chi connectivity index (χ3n) is 3.92. The van der Waals surface area contributed by atoms with E-state index >= 15 is 0 Å². The number of nitrogens with zero attached hydrogens (tertiary/aromatic N) is 1. The largest absolute Gasteiger partial charge is 0.361 e. The van der Waals surface area contributed by atoms with Crippen molar-refractivity contribution in [3.63, 3.8) is 0 Å². The highest BCUT2D eigenvalue weighted by Gasteiger charge is 2.21. The van der Waals surface area contributed by atoms with Crippen LogP contribution in [0.25, 0.3) is 11.1 Å². The van der Waals surface area contributed by atoms with Gasteiger partial charge in [-0.25, -0.2) is 12.8 Å². The van der Waals surface area contributed by atoms with Gasteiger partial charge in [-0.15, -0.1) is 0 Å². The second-order valence-corrected chi connectivity index (χ2v) is 7.42. The topological polar surface area (TPSA) is 72.2 Å². The zero-order chi connectivity index (χ0) is 18.2. The van der Waals surface area contributed by atoms with Gasteiger partial charge in [-0.05, 0) is 50.1 Å². The maximum Gasteiger partial charge on any atom is 0.262 e. The molecule has 0 radical (unpaired) electrons. The molecule has 0 aliphatic carbocycles. The zero-order valence-corrected chi connectivity index (χ0v) is 14.8. The Morgan fingerprint density at radius 1 is 1.08 bits per heavy atom. The van der Waals surface area contributed by atoms with Crippen molar-refractivity contribution in [3.8, 4) is 11.1 Å². The molecular weight excluding hydrogens is 343 g/mol. The van der Waals surface area contributed by atoms with Crippen LogP contribution in [0.15, 0.2) is 51.9 Å². The maximum absolute atomic E-state index is 13.8. The number of para-hydroxylation sites is 1. The molecule has 0 unspecified atom stereocenters. The molecule has 5 nitrogen and oxygen atoms in total. The lowest BCUT2D eigenvalue weighted by Crippen LogP contribution is -2.15. The predicted molar refractivity (Wildman–Crippen MR) is 93.4 cm³/mol. The van der Waals surface area contributed by atoms with Crippen molar-refractivity contribution in [2.24, 2.45) is 0 Å². The maximum atomic E-state index is 13.8. The fraction of sp³-hybridized carbons (Fsp3) is 0.167. The quantitative estimate of drug-likeness (QED) is 0.757. The summed E-state index contributed by atoms with van der Waals surface area (Å²) in [5.41, 5.74) is 2.56. The van der Waals surface area contributed by atoms with Crippen molar-refractivity contribution < 1.29 is 17.3 Å². The standard InChI is InChI=1S/C18H17FN2O3S/c1-11-8-9-14(18-12(2)20-24-13(18)3)10-17(11)25(22,23)21-16-7-5-4-6-15(16)19/h4-10,21H,1-3H3. The molecule has 7 heteroatoms. The molecule has 0 fully saturated rings. The van der Waals surface area contributed by atoms with Gasteiger partial charge >= 0.3 is 0 Å². The summed E-state index contributed by atoms with van der Waals surface area (Å²) in [6, 6.07) is 10.7. The first kappa shape index (κ1) is 17.2. The normalized spacial score (nSPS) is 11.5. The molecule has 130 valence electrons. The van der Waals surface area contributed by atoms with Crippen LogP contribution in [0, 0.1) is 26.6 Å². The molecule has 2 aromatic carbocycles. The average Bonchev–Trinajstić information content (AvgIpc) is 2.89. The molecule has 25 heavy (non-hydrogen) atoms. The van der Waals surface area contributed by atoms with Gasteiger partial charge in [0.25, 0.3) is 10.0 Å². The molecule has 1 heterocycles. The number of nitrogens with one attached hydrogen (secondary N) is 1. The van der Waals surface area contributed by atoms with E-state index in [9.17, 15) is 12.8 Å². The summed E-state index contributed by atoms with van der Waals surface area (Å²) in [5.74, 6) is -0.0302.